The van der Waals surface area contributed by atoms with Crippen molar-refractivity contribution in [3.05, 3.63) is 29.8 Å². The van der Waals surface area contributed by atoms with Crippen LogP contribution in [0.15, 0.2) is 29.2 Å². The molecule has 3 rings (SSSR count). The average Bonchev–Trinajstić information content (AvgIpc) is 2.79. The molecule has 1 aromatic carbocycles. The number of hydrogen-bond acceptors (Lipinski definition) is 4. The van der Waals surface area contributed by atoms with Gasteiger partial charge in [0.2, 0.25) is 21.8 Å². The second-order valence-electron chi connectivity index (χ2n) is 9.63. The number of benzene rings is 1. The summed E-state index contributed by atoms with van der Waals surface area (Å²) in [5.74, 6) is 0.397. The topological polar surface area (TPSA) is 86.8 Å². The van der Waals surface area contributed by atoms with Gasteiger partial charge in [0, 0.05) is 44.1 Å². The van der Waals surface area contributed by atoms with Gasteiger partial charge in [-0.2, -0.15) is 4.31 Å². The lowest BCUT2D eigenvalue weighted by atomic mass is 9.92. The van der Waals surface area contributed by atoms with Gasteiger partial charge in [0.1, 0.15) is 0 Å². The molecule has 1 N–H and O–H groups in total. The number of carbonyl (C=O) groups is 2. The zero-order valence-corrected chi connectivity index (χ0v) is 20.5. The van der Waals surface area contributed by atoms with Crippen LogP contribution in [-0.4, -0.2) is 61.7 Å². The largest absolute Gasteiger partial charge is 0.353 e. The van der Waals surface area contributed by atoms with Gasteiger partial charge < -0.3 is 10.2 Å². The van der Waals surface area contributed by atoms with Crippen LogP contribution in [0.4, 0.5) is 0 Å². The third kappa shape index (κ3) is 5.70. The van der Waals surface area contributed by atoms with Gasteiger partial charge in [-0.15, -0.1) is 0 Å². The molecule has 7 nitrogen and oxygen atoms in total. The Kier molecular flexibility index (Phi) is 7.98. The summed E-state index contributed by atoms with van der Waals surface area (Å²) >= 11 is 0. The van der Waals surface area contributed by atoms with Crippen molar-refractivity contribution in [2.24, 2.45) is 17.8 Å². The molecule has 2 heterocycles. The Morgan fingerprint density at radius 2 is 1.44 bits per heavy atom. The van der Waals surface area contributed by atoms with E-state index >= 15 is 0 Å². The van der Waals surface area contributed by atoms with Crippen molar-refractivity contribution >= 4 is 21.8 Å². The van der Waals surface area contributed by atoms with Gasteiger partial charge in [-0.25, -0.2) is 8.42 Å². The summed E-state index contributed by atoms with van der Waals surface area (Å²) in [6, 6.07) is 7.03. The quantitative estimate of drug-likeness (QED) is 0.703. The maximum Gasteiger partial charge on any atom is 0.243 e. The van der Waals surface area contributed by atoms with Crippen LogP contribution >= 0.6 is 0 Å². The Morgan fingerprint density at radius 3 is 1.97 bits per heavy atom. The summed E-state index contributed by atoms with van der Waals surface area (Å²) in [4.78, 5) is 27.7. The summed E-state index contributed by atoms with van der Waals surface area (Å²) in [5.41, 5.74) is 1.02. The molecule has 32 heavy (non-hydrogen) atoms. The van der Waals surface area contributed by atoms with Gasteiger partial charge in [0.15, 0.2) is 0 Å². The van der Waals surface area contributed by atoms with Crippen molar-refractivity contribution in [2.45, 2.75) is 64.3 Å². The molecular weight excluding hydrogens is 426 g/mol. The van der Waals surface area contributed by atoms with Gasteiger partial charge in [-0.05, 0) is 57.6 Å². The number of aryl methyl sites for hydroxylation is 1. The molecule has 0 aromatic heterocycles. The lowest BCUT2D eigenvalue weighted by Crippen LogP contribution is -2.49. The third-order valence-electron chi connectivity index (χ3n) is 7.01. The van der Waals surface area contributed by atoms with Crippen LogP contribution in [0, 0.1) is 24.7 Å². The molecule has 2 fully saturated rings. The van der Waals surface area contributed by atoms with Crippen LogP contribution in [0.5, 0.6) is 0 Å². The number of amides is 2. The maximum absolute atomic E-state index is 13.0. The highest BCUT2D eigenvalue weighted by atomic mass is 32.2. The van der Waals surface area contributed by atoms with E-state index in [2.05, 4.69) is 19.2 Å². The molecule has 8 heteroatoms. The van der Waals surface area contributed by atoms with Gasteiger partial charge >= 0.3 is 0 Å². The van der Waals surface area contributed by atoms with Crippen LogP contribution < -0.4 is 5.32 Å². The number of likely N-dealkylation sites (tertiary alicyclic amines) is 1. The Bertz CT molecular complexity index is 898. The van der Waals surface area contributed by atoms with E-state index in [0.717, 1.165) is 5.56 Å². The van der Waals surface area contributed by atoms with Crippen molar-refractivity contribution in [3.8, 4) is 0 Å². The van der Waals surface area contributed by atoms with Gasteiger partial charge in [0.05, 0.1) is 4.90 Å². The summed E-state index contributed by atoms with van der Waals surface area (Å²) in [7, 11) is -3.52. The average molecular weight is 464 g/mol. The standard InChI is InChI=1S/C24H37N3O4S/c1-17(2)19(4)25-23(28)20-9-13-26(14-10-20)24(29)21-11-15-27(16-12-21)32(30,31)22-7-5-18(3)6-8-22/h5-8,17,19-21H,9-16H2,1-4H3,(H,25,28)/t19-/m0/s1. The first-order valence-electron chi connectivity index (χ1n) is 11.8. The number of nitrogens with zero attached hydrogens (tertiary/aromatic N) is 2. The van der Waals surface area contributed by atoms with E-state index in [-0.39, 0.29) is 29.7 Å². The van der Waals surface area contributed by atoms with Gasteiger partial charge in [0.25, 0.3) is 0 Å². The van der Waals surface area contributed by atoms with Crippen molar-refractivity contribution in [1.29, 1.82) is 0 Å². The van der Waals surface area contributed by atoms with Crippen LogP contribution in [0.25, 0.3) is 0 Å². The number of sulfonamides is 1. The molecule has 2 aliphatic rings. The Labute approximate surface area is 192 Å². The fraction of sp³-hybridized carbons (Fsp3) is 0.667. The van der Waals surface area contributed by atoms with Crippen LogP contribution in [0.1, 0.15) is 52.0 Å². The number of piperidine rings is 2. The number of nitrogens with one attached hydrogen (secondary N) is 1. The minimum Gasteiger partial charge on any atom is -0.353 e. The van der Waals surface area contributed by atoms with E-state index in [1.165, 1.54) is 4.31 Å². The molecule has 0 unspecified atom stereocenters. The van der Waals surface area contributed by atoms with E-state index in [0.29, 0.717) is 62.7 Å². The first-order chi connectivity index (χ1) is 15.1. The van der Waals surface area contributed by atoms with E-state index in [9.17, 15) is 18.0 Å². The molecule has 1 atom stereocenters. The van der Waals surface area contributed by atoms with Crippen LogP contribution in [-0.2, 0) is 19.6 Å². The van der Waals surface area contributed by atoms with Crippen molar-refractivity contribution < 1.29 is 18.0 Å². The Balaban J connectivity index is 1.49. The molecular formula is C24H37N3O4S. The summed E-state index contributed by atoms with van der Waals surface area (Å²) in [5, 5.41) is 3.09. The molecule has 2 saturated heterocycles. The third-order valence-corrected chi connectivity index (χ3v) is 8.92. The second kappa shape index (κ2) is 10.3. The number of hydrogen-bond donors (Lipinski definition) is 1. The molecule has 178 valence electrons. The van der Waals surface area contributed by atoms with Crippen molar-refractivity contribution in [3.63, 3.8) is 0 Å². The smallest absolute Gasteiger partial charge is 0.243 e. The SMILES string of the molecule is Cc1ccc(S(=O)(=O)N2CCC(C(=O)N3CCC(C(=O)N[C@@H](C)C(C)C)CC3)CC2)cc1. The highest BCUT2D eigenvalue weighted by molar-refractivity contribution is 7.89. The molecule has 0 bridgehead atoms. The maximum atomic E-state index is 13.0. The molecule has 1 aromatic rings. The molecule has 2 amide bonds. The fourth-order valence-corrected chi connectivity index (χ4v) is 5.80. The summed E-state index contributed by atoms with van der Waals surface area (Å²) in [6.45, 7) is 10.0. The molecule has 0 saturated carbocycles. The normalized spacial score (nSPS) is 20.3. The first-order valence-corrected chi connectivity index (χ1v) is 13.2. The van der Waals surface area contributed by atoms with Crippen molar-refractivity contribution in [1.82, 2.24) is 14.5 Å². The summed E-state index contributed by atoms with van der Waals surface area (Å²) in [6.07, 6.45) is 2.44. The molecule has 0 spiro atoms. The Morgan fingerprint density at radius 1 is 0.906 bits per heavy atom. The van der Waals surface area contributed by atoms with E-state index in [1.807, 2.05) is 18.7 Å². The second-order valence-corrected chi connectivity index (χ2v) is 11.6. The highest BCUT2D eigenvalue weighted by Gasteiger charge is 2.35. The predicted molar refractivity (Wildman–Crippen MR) is 124 cm³/mol. The zero-order valence-electron chi connectivity index (χ0n) is 19.7. The lowest BCUT2D eigenvalue weighted by Gasteiger charge is -2.37. The van der Waals surface area contributed by atoms with Crippen LogP contribution in [0.3, 0.4) is 0 Å². The lowest BCUT2D eigenvalue weighted by molar-refractivity contribution is -0.140. The Hall–Kier alpha value is -1.93. The predicted octanol–water partition coefficient (Wildman–Crippen LogP) is 2.80. The zero-order chi connectivity index (χ0) is 23.5. The minimum absolute atomic E-state index is 0.0400. The highest BCUT2D eigenvalue weighted by Crippen LogP contribution is 2.27. The molecule has 0 aliphatic carbocycles. The number of carbonyl (C=O) groups excluding carboxylic acids is 2. The van der Waals surface area contributed by atoms with E-state index in [4.69, 9.17) is 0 Å². The summed E-state index contributed by atoms with van der Waals surface area (Å²) < 4.78 is 27.3. The van der Waals surface area contributed by atoms with Crippen LogP contribution in [0.2, 0.25) is 0 Å². The fourth-order valence-electron chi connectivity index (χ4n) is 4.33. The number of rotatable bonds is 6. The van der Waals surface area contributed by atoms with Gasteiger partial charge in [-0.1, -0.05) is 31.5 Å². The monoisotopic (exact) mass is 463 g/mol. The molecule has 2 aliphatic heterocycles. The van der Waals surface area contributed by atoms with E-state index in [1.54, 1.807) is 24.3 Å². The van der Waals surface area contributed by atoms with Crippen molar-refractivity contribution in [2.75, 3.05) is 26.2 Å². The van der Waals surface area contributed by atoms with Gasteiger partial charge in [-0.3, -0.25) is 9.59 Å². The minimum atomic E-state index is -3.52. The van der Waals surface area contributed by atoms with E-state index < -0.39 is 10.0 Å². The first kappa shape index (κ1) is 24.7. The molecule has 0 radical (unpaired) electrons.